The Morgan fingerprint density at radius 3 is 2.47 bits per heavy atom. The van der Waals surface area contributed by atoms with Gasteiger partial charge in [-0.3, -0.25) is 4.79 Å². The van der Waals surface area contributed by atoms with Crippen LogP contribution in [0.2, 0.25) is 0 Å². The Bertz CT molecular complexity index is 381. The molecule has 0 saturated heterocycles. The van der Waals surface area contributed by atoms with Crippen molar-refractivity contribution < 1.29 is 9.90 Å². The Balaban J connectivity index is 3.11. The molecule has 1 N–H and O–H groups in total. The normalized spacial score (nSPS) is 11.5. The largest absolute Gasteiger partial charge is 0.481 e. The first-order chi connectivity index (χ1) is 6.79. The quantitative estimate of drug-likeness (QED) is 0.803. The number of aryl methyl sites for hydroxylation is 1. The monoisotopic (exact) mass is 208 g/mol. The first-order valence-corrected chi connectivity index (χ1v) is 4.86. The van der Waals surface area contributed by atoms with Crippen LogP contribution < -0.4 is 0 Å². The third-order valence-corrected chi connectivity index (χ3v) is 1.98. The maximum atomic E-state index is 10.6. The fourth-order valence-electron chi connectivity index (χ4n) is 1.23. The number of rotatable bonds is 2. The Hall–Kier alpha value is -1.45. The van der Waals surface area contributed by atoms with E-state index in [1.165, 1.54) is 0 Å². The average molecular weight is 208 g/mol. The summed E-state index contributed by atoms with van der Waals surface area (Å²) in [6.07, 6.45) is -0.120. The summed E-state index contributed by atoms with van der Waals surface area (Å²) < 4.78 is 0. The summed E-state index contributed by atoms with van der Waals surface area (Å²) in [5.41, 5.74) is 1.61. The molecule has 1 aromatic rings. The maximum absolute atomic E-state index is 10.6. The van der Waals surface area contributed by atoms with Gasteiger partial charge in [0.25, 0.3) is 0 Å². The lowest BCUT2D eigenvalue weighted by molar-refractivity contribution is -0.136. The van der Waals surface area contributed by atoms with E-state index in [2.05, 4.69) is 9.97 Å². The van der Waals surface area contributed by atoms with Crippen LogP contribution in [0, 0.1) is 6.92 Å². The summed E-state index contributed by atoms with van der Waals surface area (Å²) in [4.78, 5) is 18.9. The summed E-state index contributed by atoms with van der Waals surface area (Å²) in [6.45, 7) is 7.97. The van der Waals surface area contributed by atoms with Gasteiger partial charge in [-0.15, -0.1) is 0 Å². The SMILES string of the molecule is Cc1cc(C(C)(C)C)nc(CC(=O)O)n1. The van der Waals surface area contributed by atoms with E-state index in [1.54, 1.807) is 0 Å². The van der Waals surface area contributed by atoms with Crippen molar-refractivity contribution in [3.63, 3.8) is 0 Å². The smallest absolute Gasteiger partial charge is 0.311 e. The molecule has 82 valence electrons. The predicted octanol–water partition coefficient (Wildman–Crippen LogP) is 1.71. The zero-order valence-corrected chi connectivity index (χ0v) is 9.53. The standard InChI is InChI=1S/C11H16N2O2/c1-7-5-8(11(2,3)4)13-9(12-7)6-10(14)15/h5H,6H2,1-4H3,(H,14,15). The number of hydrogen-bond donors (Lipinski definition) is 1. The highest BCUT2D eigenvalue weighted by Gasteiger charge is 2.17. The second-order valence-corrected chi connectivity index (χ2v) is 4.63. The van der Waals surface area contributed by atoms with Crippen molar-refractivity contribution in [2.24, 2.45) is 0 Å². The molecule has 0 saturated carbocycles. The van der Waals surface area contributed by atoms with Crippen LogP contribution in [-0.2, 0) is 16.6 Å². The number of carboxylic acid groups (broad SMARTS) is 1. The minimum Gasteiger partial charge on any atom is -0.481 e. The van der Waals surface area contributed by atoms with Gasteiger partial charge >= 0.3 is 5.97 Å². The molecule has 1 rings (SSSR count). The van der Waals surface area contributed by atoms with Gasteiger partial charge in [0.2, 0.25) is 0 Å². The van der Waals surface area contributed by atoms with Crippen molar-refractivity contribution in [1.29, 1.82) is 0 Å². The molecule has 0 atom stereocenters. The Labute approximate surface area is 89.4 Å². The van der Waals surface area contributed by atoms with Crippen LogP contribution in [-0.4, -0.2) is 21.0 Å². The molecule has 0 aliphatic heterocycles. The highest BCUT2D eigenvalue weighted by Crippen LogP contribution is 2.20. The third kappa shape index (κ3) is 3.31. The first-order valence-electron chi connectivity index (χ1n) is 4.86. The molecule has 0 fully saturated rings. The number of aromatic nitrogens is 2. The molecule has 0 amide bonds. The number of nitrogens with zero attached hydrogens (tertiary/aromatic N) is 2. The van der Waals surface area contributed by atoms with Gasteiger partial charge in [-0.25, -0.2) is 9.97 Å². The lowest BCUT2D eigenvalue weighted by Gasteiger charge is -2.18. The lowest BCUT2D eigenvalue weighted by Crippen LogP contribution is -2.17. The molecule has 0 spiro atoms. The van der Waals surface area contributed by atoms with Crippen LogP contribution in [0.4, 0.5) is 0 Å². The number of carbonyl (C=O) groups is 1. The van der Waals surface area contributed by atoms with Gasteiger partial charge in [-0.2, -0.15) is 0 Å². The van der Waals surface area contributed by atoms with Crippen LogP contribution in [0.1, 0.15) is 38.0 Å². The molecule has 4 heteroatoms. The van der Waals surface area contributed by atoms with Crippen LogP contribution in [0.3, 0.4) is 0 Å². The fraction of sp³-hybridized carbons (Fsp3) is 0.545. The van der Waals surface area contributed by atoms with Gasteiger partial charge in [0.1, 0.15) is 12.2 Å². The molecule has 0 bridgehead atoms. The van der Waals surface area contributed by atoms with E-state index in [-0.39, 0.29) is 11.8 Å². The van der Waals surface area contributed by atoms with E-state index >= 15 is 0 Å². The second kappa shape index (κ2) is 3.96. The van der Waals surface area contributed by atoms with Crippen molar-refractivity contribution >= 4 is 5.97 Å². The predicted molar refractivity (Wildman–Crippen MR) is 56.8 cm³/mol. The van der Waals surface area contributed by atoms with E-state index in [0.29, 0.717) is 5.82 Å². The van der Waals surface area contributed by atoms with Crippen molar-refractivity contribution in [3.8, 4) is 0 Å². The minimum atomic E-state index is -0.902. The zero-order chi connectivity index (χ0) is 11.6. The van der Waals surface area contributed by atoms with Crippen molar-refractivity contribution in [3.05, 3.63) is 23.3 Å². The number of hydrogen-bond acceptors (Lipinski definition) is 3. The molecular formula is C11H16N2O2. The molecule has 1 aromatic heterocycles. The highest BCUT2D eigenvalue weighted by atomic mass is 16.4. The molecule has 0 unspecified atom stereocenters. The Morgan fingerprint density at radius 1 is 1.40 bits per heavy atom. The van der Waals surface area contributed by atoms with Gasteiger partial charge < -0.3 is 5.11 Å². The second-order valence-electron chi connectivity index (χ2n) is 4.63. The molecule has 4 nitrogen and oxygen atoms in total. The van der Waals surface area contributed by atoms with Gasteiger partial charge in [0, 0.05) is 16.8 Å². The van der Waals surface area contributed by atoms with Gasteiger partial charge in [-0.1, -0.05) is 20.8 Å². The van der Waals surface area contributed by atoms with E-state index in [4.69, 9.17) is 5.11 Å². The molecule has 15 heavy (non-hydrogen) atoms. The van der Waals surface area contributed by atoms with Gasteiger partial charge in [-0.05, 0) is 13.0 Å². The third-order valence-electron chi connectivity index (χ3n) is 1.98. The number of aliphatic carboxylic acids is 1. The summed E-state index contributed by atoms with van der Waals surface area (Å²) >= 11 is 0. The van der Waals surface area contributed by atoms with Crippen molar-refractivity contribution in [2.45, 2.75) is 39.5 Å². The van der Waals surface area contributed by atoms with E-state index in [1.807, 2.05) is 33.8 Å². The molecule has 0 radical (unpaired) electrons. The fourth-order valence-corrected chi connectivity index (χ4v) is 1.23. The van der Waals surface area contributed by atoms with Crippen molar-refractivity contribution in [1.82, 2.24) is 9.97 Å². The summed E-state index contributed by atoms with van der Waals surface area (Å²) in [7, 11) is 0. The molecular weight excluding hydrogens is 192 g/mol. The molecule has 0 aromatic carbocycles. The zero-order valence-electron chi connectivity index (χ0n) is 9.53. The Kier molecular flexibility index (Phi) is 3.07. The topological polar surface area (TPSA) is 63.1 Å². The van der Waals surface area contributed by atoms with E-state index in [9.17, 15) is 4.79 Å². The van der Waals surface area contributed by atoms with Crippen molar-refractivity contribution in [2.75, 3.05) is 0 Å². The molecule has 1 heterocycles. The van der Waals surface area contributed by atoms with E-state index < -0.39 is 5.97 Å². The molecule has 0 aliphatic rings. The van der Waals surface area contributed by atoms with Crippen LogP contribution in [0.25, 0.3) is 0 Å². The van der Waals surface area contributed by atoms with Crippen LogP contribution in [0.15, 0.2) is 6.07 Å². The van der Waals surface area contributed by atoms with Crippen LogP contribution in [0.5, 0.6) is 0 Å². The number of carboxylic acids is 1. The average Bonchev–Trinajstić information content (AvgIpc) is 1.99. The summed E-state index contributed by atoms with van der Waals surface area (Å²) in [5.74, 6) is -0.520. The highest BCUT2D eigenvalue weighted by molar-refractivity contribution is 5.68. The first kappa shape index (κ1) is 11.6. The minimum absolute atomic E-state index is 0.0824. The van der Waals surface area contributed by atoms with Gasteiger partial charge in [0.05, 0.1) is 0 Å². The Morgan fingerprint density at radius 2 is 2.00 bits per heavy atom. The lowest BCUT2D eigenvalue weighted by atomic mass is 9.91. The summed E-state index contributed by atoms with van der Waals surface area (Å²) in [6, 6.07) is 1.89. The summed E-state index contributed by atoms with van der Waals surface area (Å²) in [5, 5.41) is 8.67. The maximum Gasteiger partial charge on any atom is 0.311 e. The van der Waals surface area contributed by atoms with Crippen LogP contribution >= 0.6 is 0 Å². The molecule has 0 aliphatic carbocycles. The van der Waals surface area contributed by atoms with Gasteiger partial charge in [0.15, 0.2) is 0 Å². The van der Waals surface area contributed by atoms with E-state index in [0.717, 1.165) is 11.4 Å².